The summed E-state index contributed by atoms with van der Waals surface area (Å²) in [6.07, 6.45) is 41.3. The highest BCUT2D eigenvalue weighted by atomic mass is 15.2. The molecule has 4 heteroatoms. The van der Waals surface area contributed by atoms with Crippen molar-refractivity contribution in [3.05, 3.63) is 221 Å². The van der Waals surface area contributed by atoms with E-state index >= 15 is 0 Å². The van der Waals surface area contributed by atoms with Crippen molar-refractivity contribution in [2.45, 2.75) is 106 Å². The Bertz CT molecular complexity index is 2630. The molecular formula is C63H76N4. The highest BCUT2D eigenvalue weighted by Gasteiger charge is 2.46. The lowest BCUT2D eigenvalue weighted by atomic mass is 9.81. The summed E-state index contributed by atoms with van der Waals surface area (Å²) in [4.78, 5) is 7.56. The molecule has 348 valence electrons. The molecule has 1 atom stereocenters. The third kappa shape index (κ3) is 12.2. The Kier molecular flexibility index (Phi) is 15.7. The molecule has 3 aromatic rings. The Labute approximate surface area is 404 Å². The molecule has 0 amide bonds. The Hall–Kier alpha value is -6.22. The first-order valence-electron chi connectivity index (χ1n) is 24.8. The normalized spacial score (nSPS) is 22.7. The van der Waals surface area contributed by atoms with E-state index in [2.05, 4.69) is 240 Å². The fraction of sp³-hybridized carbons (Fsp3) is 0.349. The molecule has 0 spiro atoms. The number of benzene rings is 3. The third-order valence-electron chi connectivity index (χ3n) is 13.5. The summed E-state index contributed by atoms with van der Waals surface area (Å²) < 4.78 is 0. The number of para-hydroxylation sites is 1. The van der Waals surface area contributed by atoms with Gasteiger partial charge in [-0.15, -0.1) is 5.73 Å². The molecule has 0 saturated carbocycles. The topological polar surface area (TPSA) is 21.8 Å². The van der Waals surface area contributed by atoms with Crippen LogP contribution in [0.15, 0.2) is 193 Å². The minimum absolute atomic E-state index is 0.102. The number of fused-ring (bicyclic) bond motifs is 5. The van der Waals surface area contributed by atoms with Gasteiger partial charge in [0, 0.05) is 72.0 Å². The predicted molar refractivity (Wildman–Crippen MR) is 292 cm³/mol. The second-order valence-electron chi connectivity index (χ2n) is 21.1. The second-order valence-corrected chi connectivity index (χ2v) is 21.1. The highest BCUT2D eigenvalue weighted by Crippen LogP contribution is 2.52. The van der Waals surface area contributed by atoms with Crippen LogP contribution in [0.5, 0.6) is 0 Å². The third-order valence-corrected chi connectivity index (χ3v) is 13.5. The monoisotopic (exact) mass is 889 g/mol. The van der Waals surface area contributed by atoms with E-state index in [4.69, 9.17) is 0 Å². The minimum Gasteiger partial charge on any atom is -0.381 e. The van der Waals surface area contributed by atoms with Crippen LogP contribution in [0.3, 0.4) is 0 Å². The van der Waals surface area contributed by atoms with Crippen molar-refractivity contribution >= 4 is 22.6 Å². The molecule has 0 bridgehead atoms. The van der Waals surface area contributed by atoms with Gasteiger partial charge in [0.05, 0.1) is 5.54 Å². The van der Waals surface area contributed by atoms with Gasteiger partial charge >= 0.3 is 0 Å². The molecule has 4 nitrogen and oxygen atoms in total. The molecule has 0 fully saturated rings. The largest absolute Gasteiger partial charge is 0.381 e. The van der Waals surface area contributed by atoms with Gasteiger partial charge in [-0.25, -0.2) is 0 Å². The summed E-state index contributed by atoms with van der Waals surface area (Å²) >= 11 is 0. The molecule has 67 heavy (non-hydrogen) atoms. The molecule has 1 aliphatic carbocycles. The van der Waals surface area contributed by atoms with E-state index < -0.39 is 0 Å². The summed E-state index contributed by atoms with van der Waals surface area (Å²) in [6, 6.07) is 23.0. The van der Waals surface area contributed by atoms with E-state index in [0.29, 0.717) is 5.41 Å². The Balaban J connectivity index is 0.00000104. The van der Waals surface area contributed by atoms with Crippen LogP contribution in [-0.2, 0) is 25.7 Å². The standard InChI is InChI=1S/C57H62N4.C6H14/c1-7-53-49(43(2)21-13-9-11-20-37-60(53)48-32-34-57(6)51(41-48)50-24-16-17-25-55(50)61(57)42-56(3,4)5)29-26-44-28-31-54-47(40-44)23-15-12-19-36-59(54)38-33-45-27-30-52-46(39-45)22-14-8-10-18-35-58-52;1-5-6(2,3)4/h7-12,14-21,24-25,27-32,36,39-41,58H,2,22-23,26,33-35,37-38,42H2,1,3-6H3;5H2,1-4H3/b14-8-,15-12-,18-10-,20-11-,36-19-,49-29-,53-7+;. The molecule has 4 aliphatic heterocycles. The van der Waals surface area contributed by atoms with Gasteiger partial charge in [0.15, 0.2) is 0 Å². The minimum atomic E-state index is -0.102. The van der Waals surface area contributed by atoms with Crippen LogP contribution < -0.4 is 15.1 Å². The molecule has 4 heterocycles. The first kappa shape index (κ1) is 48.7. The predicted octanol–water partition coefficient (Wildman–Crippen LogP) is 15.4. The Morgan fingerprint density at radius 1 is 0.821 bits per heavy atom. The van der Waals surface area contributed by atoms with Crippen molar-refractivity contribution in [2.75, 3.05) is 41.3 Å². The maximum Gasteiger partial charge on any atom is 0.0668 e. The van der Waals surface area contributed by atoms with Crippen LogP contribution >= 0.6 is 0 Å². The second kappa shape index (κ2) is 21.6. The molecule has 1 unspecified atom stereocenters. The van der Waals surface area contributed by atoms with Crippen LogP contribution in [-0.4, -0.2) is 36.6 Å². The van der Waals surface area contributed by atoms with Gasteiger partial charge in [0.2, 0.25) is 0 Å². The Morgan fingerprint density at radius 3 is 2.33 bits per heavy atom. The van der Waals surface area contributed by atoms with Crippen molar-refractivity contribution in [3.8, 4) is 0 Å². The van der Waals surface area contributed by atoms with Gasteiger partial charge in [0.1, 0.15) is 0 Å². The maximum atomic E-state index is 4.61. The zero-order valence-corrected chi connectivity index (χ0v) is 42.1. The molecule has 5 aliphatic rings. The number of rotatable bonds is 7. The van der Waals surface area contributed by atoms with Crippen LogP contribution in [0.1, 0.15) is 103 Å². The molecular weight excluding hydrogens is 813 g/mol. The molecule has 0 aromatic heterocycles. The molecule has 8 rings (SSSR count). The van der Waals surface area contributed by atoms with Crippen LogP contribution in [0.4, 0.5) is 17.1 Å². The summed E-state index contributed by atoms with van der Waals surface area (Å²) in [5.74, 6) is 0. The zero-order valence-electron chi connectivity index (χ0n) is 42.1. The molecule has 3 aromatic carbocycles. The van der Waals surface area contributed by atoms with E-state index in [-0.39, 0.29) is 11.0 Å². The van der Waals surface area contributed by atoms with E-state index in [1.165, 1.54) is 62.6 Å². The van der Waals surface area contributed by atoms with Gasteiger partial charge in [-0.3, -0.25) is 0 Å². The fourth-order valence-electron chi connectivity index (χ4n) is 9.35. The smallest absolute Gasteiger partial charge is 0.0668 e. The number of nitrogens with zero attached hydrogens (tertiary/aromatic N) is 3. The van der Waals surface area contributed by atoms with E-state index in [1.54, 1.807) is 0 Å². The summed E-state index contributed by atoms with van der Waals surface area (Å²) in [6.45, 7) is 28.7. The molecule has 0 saturated heterocycles. The van der Waals surface area contributed by atoms with Gasteiger partial charge in [-0.1, -0.05) is 171 Å². The fourth-order valence-corrected chi connectivity index (χ4v) is 9.35. The lowest BCUT2D eigenvalue weighted by Gasteiger charge is -2.43. The van der Waals surface area contributed by atoms with Crippen molar-refractivity contribution in [1.29, 1.82) is 0 Å². The van der Waals surface area contributed by atoms with E-state index in [9.17, 15) is 0 Å². The lowest BCUT2D eigenvalue weighted by molar-refractivity contribution is 0.375. The van der Waals surface area contributed by atoms with Gasteiger partial charge in [0.25, 0.3) is 0 Å². The Morgan fingerprint density at radius 2 is 1.55 bits per heavy atom. The summed E-state index contributed by atoms with van der Waals surface area (Å²) in [5.41, 5.74) is 20.4. The van der Waals surface area contributed by atoms with E-state index in [0.717, 1.165) is 75.1 Å². The zero-order chi connectivity index (χ0) is 47.6. The average Bonchev–Trinajstić information content (AvgIpc) is 3.60. The SMILES string of the molecule is C=C1C=C=C/C=C\CN(C2=CCC3(C)C(=C2)c2ccccc2N3CC(C)(C)C)C(=C/C)/C1=C\Cc1ccc2c(c1)C/C=C\C=C/N2CCc1ccc2c(c1)C/C=C\C=C/CN2.CCC(C)(C)C. The summed E-state index contributed by atoms with van der Waals surface area (Å²) in [7, 11) is 0. The van der Waals surface area contributed by atoms with E-state index in [1.807, 2.05) is 12.2 Å². The van der Waals surface area contributed by atoms with Crippen LogP contribution in [0.2, 0.25) is 0 Å². The quantitative estimate of drug-likeness (QED) is 0.239. The van der Waals surface area contributed by atoms with Crippen LogP contribution in [0.25, 0.3) is 5.57 Å². The first-order valence-corrected chi connectivity index (χ1v) is 24.8. The average molecular weight is 889 g/mol. The maximum absolute atomic E-state index is 4.61. The van der Waals surface area contributed by atoms with Crippen molar-refractivity contribution in [3.63, 3.8) is 0 Å². The summed E-state index contributed by atoms with van der Waals surface area (Å²) in [5, 5.41) is 3.57. The number of anilines is 3. The molecule has 0 radical (unpaired) electrons. The first-order chi connectivity index (χ1) is 32.2. The number of hydrogen-bond donors (Lipinski definition) is 1. The van der Waals surface area contributed by atoms with Crippen molar-refractivity contribution in [1.82, 2.24) is 4.90 Å². The number of nitrogens with one attached hydrogen (secondary N) is 1. The van der Waals surface area contributed by atoms with Gasteiger partial charge in [-0.2, -0.15) is 0 Å². The van der Waals surface area contributed by atoms with Crippen molar-refractivity contribution in [2.24, 2.45) is 10.8 Å². The molecule has 1 N–H and O–H groups in total. The van der Waals surface area contributed by atoms with Gasteiger partial charge in [-0.05, 0) is 133 Å². The lowest BCUT2D eigenvalue weighted by Crippen LogP contribution is -2.48. The highest BCUT2D eigenvalue weighted by molar-refractivity contribution is 5.93. The number of allylic oxidation sites excluding steroid dienone is 12. The van der Waals surface area contributed by atoms with Gasteiger partial charge < -0.3 is 20.0 Å². The van der Waals surface area contributed by atoms with Crippen molar-refractivity contribution < 1.29 is 0 Å². The van der Waals surface area contributed by atoms with Crippen LogP contribution in [0, 0.1) is 10.8 Å². The number of hydrogen-bond acceptors (Lipinski definition) is 4.